The number of benzene rings is 1. The number of carbonyl (C=O) groups is 1. The number of hydrogen-bond acceptors (Lipinski definition) is 4. The Hall–Kier alpha value is -2.17. The van der Waals surface area contributed by atoms with Gasteiger partial charge in [-0.1, -0.05) is 11.6 Å². The van der Waals surface area contributed by atoms with Crippen molar-refractivity contribution in [2.24, 2.45) is 0 Å². The van der Waals surface area contributed by atoms with Gasteiger partial charge in [0.1, 0.15) is 5.69 Å². The summed E-state index contributed by atoms with van der Waals surface area (Å²) in [6.07, 6.45) is 8.20. The van der Waals surface area contributed by atoms with E-state index in [0.717, 1.165) is 43.6 Å². The molecule has 1 saturated heterocycles. The van der Waals surface area contributed by atoms with Crippen molar-refractivity contribution in [1.82, 2.24) is 15.0 Å². The van der Waals surface area contributed by atoms with Gasteiger partial charge in [-0.05, 0) is 56.4 Å². The van der Waals surface area contributed by atoms with E-state index < -0.39 is 0 Å². The quantitative estimate of drug-likeness (QED) is 0.813. The van der Waals surface area contributed by atoms with Gasteiger partial charge in [0, 0.05) is 24.7 Å². The number of rotatable bonds is 4. The monoisotopic (exact) mass is 310 g/mol. The van der Waals surface area contributed by atoms with E-state index in [-0.39, 0.29) is 0 Å². The Morgan fingerprint density at radius 2 is 1.65 bits per heavy atom. The van der Waals surface area contributed by atoms with Crippen LogP contribution in [0.4, 0.5) is 5.69 Å². The average molecular weight is 310 g/mol. The van der Waals surface area contributed by atoms with Crippen LogP contribution in [0.1, 0.15) is 60.6 Å². The van der Waals surface area contributed by atoms with Crippen LogP contribution >= 0.6 is 0 Å². The van der Waals surface area contributed by atoms with Crippen molar-refractivity contribution in [3.63, 3.8) is 0 Å². The predicted molar refractivity (Wildman–Crippen MR) is 89.4 cm³/mol. The van der Waals surface area contributed by atoms with Crippen molar-refractivity contribution in [2.45, 2.75) is 44.4 Å². The van der Waals surface area contributed by atoms with Gasteiger partial charge >= 0.3 is 0 Å². The zero-order chi connectivity index (χ0) is 15.6. The van der Waals surface area contributed by atoms with Gasteiger partial charge < -0.3 is 4.90 Å². The maximum Gasteiger partial charge on any atom is 0.172 e. The number of aldehydes is 1. The molecule has 0 amide bonds. The molecule has 0 atom stereocenters. The van der Waals surface area contributed by atoms with Gasteiger partial charge in [-0.25, -0.2) is 4.68 Å². The summed E-state index contributed by atoms with van der Waals surface area (Å²) in [5, 5.41) is 8.28. The SMILES string of the molecule is O=Cc1nnn(-c2ccc(N3CCCCC3)cc2)c1C1CCC1. The minimum atomic E-state index is 0.423. The Balaban J connectivity index is 1.63. The normalized spacial score (nSPS) is 18.7. The summed E-state index contributed by atoms with van der Waals surface area (Å²) >= 11 is 0. The zero-order valence-corrected chi connectivity index (χ0v) is 13.3. The first kappa shape index (κ1) is 14.4. The van der Waals surface area contributed by atoms with Crippen LogP contribution in [-0.2, 0) is 0 Å². The Morgan fingerprint density at radius 1 is 0.957 bits per heavy atom. The number of anilines is 1. The summed E-state index contributed by atoms with van der Waals surface area (Å²) in [4.78, 5) is 13.7. The van der Waals surface area contributed by atoms with Crippen LogP contribution in [0.25, 0.3) is 5.69 Å². The van der Waals surface area contributed by atoms with Crippen LogP contribution in [0.15, 0.2) is 24.3 Å². The van der Waals surface area contributed by atoms with Gasteiger partial charge in [0.05, 0.1) is 11.4 Å². The lowest BCUT2D eigenvalue weighted by Gasteiger charge is -2.29. The minimum Gasteiger partial charge on any atom is -0.372 e. The van der Waals surface area contributed by atoms with E-state index in [9.17, 15) is 4.79 Å². The lowest BCUT2D eigenvalue weighted by Crippen LogP contribution is -2.29. The number of piperidine rings is 1. The molecular formula is C18H22N4O. The molecule has 1 aromatic carbocycles. The van der Waals surface area contributed by atoms with E-state index in [1.807, 2.05) is 4.68 Å². The molecule has 0 bridgehead atoms. The third-order valence-corrected chi connectivity index (χ3v) is 5.15. The molecule has 4 rings (SSSR count). The molecule has 2 heterocycles. The third kappa shape index (κ3) is 2.64. The highest BCUT2D eigenvalue weighted by Crippen LogP contribution is 2.38. The second-order valence-corrected chi connectivity index (χ2v) is 6.58. The molecule has 5 heteroatoms. The fourth-order valence-corrected chi connectivity index (χ4v) is 3.60. The van der Waals surface area contributed by atoms with E-state index in [2.05, 4.69) is 39.5 Å². The van der Waals surface area contributed by atoms with Crippen molar-refractivity contribution in [3.8, 4) is 5.69 Å². The third-order valence-electron chi connectivity index (χ3n) is 5.15. The molecule has 2 aliphatic rings. The molecule has 5 nitrogen and oxygen atoms in total. The van der Waals surface area contributed by atoms with Crippen LogP contribution in [0, 0.1) is 0 Å². The van der Waals surface area contributed by atoms with Gasteiger partial charge in [0.25, 0.3) is 0 Å². The van der Waals surface area contributed by atoms with E-state index in [0.29, 0.717) is 11.6 Å². The first-order valence-electron chi connectivity index (χ1n) is 8.63. The van der Waals surface area contributed by atoms with E-state index in [4.69, 9.17) is 0 Å². The highest BCUT2D eigenvalue weighted by Gasteiger charge is 2.28. The highest BCUT2D eigenvalue weighted by atomic mass is 16.1. The van der Waals surface area contributed by atoms with Crippen molar-refractivity contribution in [3.05, 3.63) is 35.7 Å². The van der Waals surface area contributed by atoms with Crippen molar-refractivity contribution >= 4 is 12.0 Å². The largest absolute Gasteiger partial charge is 0.372 e. The summed E-state index contributed by atoms with van der Waals surface area (Å²) in [7, 11) is 0. The standard InChI is InChI=1S/C18H22N4O/c23-13-17-18(14-5-4-6-14)22(20-19-17)16-9-7-15(8-10-16)21-11-2-1-3-12-21/h7-10,13-14H,1-6,11-12H2. The molecule has 1 aliphatic carbocycles. The molecule has 23 heavy (non-hydrogen) atoms. The fraction of sp³-hybridized carbons (Fsp3) is 0.500. The van der Waals surface area contributed by atoms with E-state index in [1.165, 1.54) is 31.4 Å². The first-order valence-corrected chi connectivity index (χ1v) is 8.63. The van der Waals surface area contributed by atoms with Crippen LogP contribution in [0.5, 0.6) is 0 Å². The molecule has 0 N–H and O–H groups in total. The molecule has 1 saturated carbocycles. The molecule has 0 unspecified atom stereocenters. The van der Waals surface area contributed by atoms with Crippen LogP contribution in [0.2, 0.25) is 0 Å². The topological polar surface area (TPSA) is 51.0 Å². The molecular weight excluding hydrogens is 288 g/mol. The Kier molecular flexibility index (Phi) is 3.85. The van der Waals surface area contributed by atoms with Crippen molar-refractivity contribution in [1.29, 1.82) is 0 Å². The lowest BCUT2D eigenvalue weighted by molar-refractivity contribution is 0.111. The van der Waals surface area contributed by atoms with E-state index in [1.54, 1.807) is 0 Å². The van der Waals surface area contributed by atoms with Crippen molar-refractivity contribution in [2.75, 3.05) is 18.0 Å². The van der Waals surface area contributed by atoms with Gasteiger partial charge in [-0.15, -0.1) is 5.10 Å². The molecule has 120 valence electrons. The Labute approximate surface area is 136 Å². The molecule has 1 aromatic heterocycles. The second kappa shape index (κ2) is 6.14. The fourth-order valence-electron chi connectivity index (χ4n) is 3.60. The predicted octanol–water partition coefficient (Wildman–Crippen LogP) is 3.34. The van der Waals surface area contributed by atoms with E-state index >= 15 is 0 Å². The summed E-state index contributed by atoms with van der Waals surface area (Å²) in [5.41, 5.74) is 3.74. The van der Waals surface area contributed by atoms with Gasteiger partial charge in [-0.2, -0.15) is 0 Å². The summed E-state index contributed by atoms with van der Waals surface area (Å²) < 4.78 is 1.85. The maximum atomic E-state index is 11.3. The van der Waals surface area contributed by atoms with Gasteiger partial charge in [-0.3, -0.25) is 4.79 Å². The molecule has 0 radical (unpaired) electrons. The van der Waals surface area contributed by atoms with Gasteiger partial charge in [0.15, 0.2) is 6.29 Å². The summed E-state index contributed by atoms with van der Waals surface area (Å²) in [5.74, 6) is 0.423. The molecule has 1 aliphatic heterocycles. The van der Waals surface area contributed by atoms with Crippen LogP contribution in [0.3, 0.4) is 0 Å². The zero-order valence-electron chi connectivity index (χ0n) is 13.3. The molecule has 2 fully saturated rings. The highest BCUT2D eigenvalue weighted by molar-refractivity contribution is 5.74. The van der Waals surface area contributed by atoms with Gasteiger partial charge in [0.2, 0.25) is 0 Å². The number of hydrogen-bond donors (Lipinski definition) is 0. The smallest absolute Gasteiger partial charge is 0.172 e. The summed E-state index contributed by atoms with van der Waals surface area (Å²) in [6, 6.07) is 8.51. The van der Waals surface area contributed by atoms with Crippen LogP contribution < -0.4 is 4.90 Å². The average Bonchev–Trinajstić information content (AvgIpc) is 2.98. The Morgan fingerprint density at radius 3 is 2.26 bits per heavy atom. The molecule has 0 spiro atoms. The maximum absolute atomic E-state index is 11.3. The summed E-state index contributed by atoms with van der Waals surface area (Å²) in [6.45, 7) is 2.29. The molecule has 2 aromatic rings. The lowest BCUT2D eigenvalue weighted by atomic mass is 9.82. The number of carbonyl (C=O) groups excluding carboxylic acids is 1. The Bertz CT molecular complexity index is 682. The number of nitrogens with zero attached hydrogens (tertiary/aromatic N) is 4. The van der Waals surface area contributed by atoms with Crippen molar-refractivity contribution < 1.29 is 4.79 Å². The number of aromatic nitrogens is 3. The second-order valence-electron chi connectivity index (χ2n) is 6.58. The first-order chi connectivity index (χ1) is 11.4. The minimum absolute atomic E-state index is 0.423. The van der Waals surface area contributed by atoms with Crippen LogP contribution in [-0.4, -0.2) is 34.4 Å².